The number of sulfonamides is 1. The molecule has 2 N–H and O–H groups in total. The number of fused-ring (bicyclic) bond motifs is 5. The van der Waals surface area contributed by atoms with Crippen LogP contribution in [0.5, 0.6) is 0 Å². The SMILES string of the molecule is CC(C)CCCC(C)S(=O)(=O)N1CCN2Cc3nc(c4ccccc4n3)N[C@@H](C(C)C)C(=O)NCC2C1. The molecule has 2 aliphatic heterocycles. The number of amides is 1. The molecule has 37 heavy (non-hydrogen) atoms. The first-order valence-corrected chi connectivity index (χ1v) is 15.1. The monoisotopic (exact) mass is 530 g/mol. The molecule has 10 heteroatoms. The van der Waals surface area contributed by atoms with Crippen molar-refractivity contribution in [1.82, 2.24) is 24.5 Å². The summed E-state index contributed by atoms with van der Waals surface area (Å²) in [5.74, 6) is 1.81. The highest BCUT2D eigenvalue weighted by Gasteiger charge is 2.37. The number of hydrogen-bond donors (Lipinski definition) is 2. The van der Waals surface area contributed by atoms with Crippen LogP contribution in [-0.2, 0) is 21.4 Å². The summed E-state index contributed by atoms with van der Waals surface area (Å²) in [6.45, 7) is 12.3. The Balaban J connectivity index is 1.60. The summed E-state index contributed by atoms with van der Waals surface area (Å²) >= 11 is 0. The number of benzene rings is 1. The summed E-state index contributed by atoms with van der Waals surface area (Å²) < 4.78 is 28.5. The Morgan fingerprint density at radius 2 is 1.81 bits per heavy atom. The van der Waals surface area contributed by atoms with E-state index in [1.807, 2.05) is 45.0 Å². The average Bonchev–Trinajstić information content (AvgIpc) is 2.87. The number of carbonyl (C=O) groups is 1. The number of hydrogen-bond acceptors (Lipinski definition) is 7. The largest absolute Gasteiger partial charge is 0.358 e. The van der Waals surface area contributed by atoms with E-state index in [1.54, 1.807) is 4.31 Å². The van der Waals surface area contributed by atoms with Gasteiger partial charge in [0.2, 0.25) is 15.9 Å². The third-order valence-corrected chi connectivity index (χ3v) is 9.88. The zero-order chi connectivity index (χ0) is 26.7. The van der Waals surface area contributed by atoms with Crippen molar-refractivity contribution >= 4 is 32.7 Å². The fraction of sp³-hybridized carbons (Fsp3) is 0.667. The molecule has 0 saturated carbocycles. The fourth-order valence-corrected chi connectivity index (χ4v) is 6.90. The van der Waals surface area contributed by atoms with Crippen LogP contribution in [0.15, 0.2) is 24.3 Å². The molecule has 3 heterocycles. The molecule has 0 radical (unpaired) electrons. The van der Waals surface area contributed by atoms with Gasteiger partial charge < -0.3 is 10.6 Å². The minimum atomic E-state index is -3.43. The van der Waals surface area contributed by atoms with Gasteiger partial charge in [-0.25, -0.2) is 18.4 Å². The van der Waals surface area contributed by atoms with E-state index < -0.39 is 21.3 Å². The van der Waals surface area contributed by atoms with E-state index in [1.165, 1.54) is 0 Å². The molecule has 2 unspecified atom stereocenters. The third-order valence-electron chi connectivity index (χ3n) is 7.58. The maximum Gasteiger partial charge on any atom is 0.242 e. The molecule has 0 aliphatic carbocycles. The number of para-hydroxylation sites is 1. The van der Waals surface area contributed by atoms with Crippen molar-refractivity contribution in [3.8, 4) is 0 Å². The normalized spacial score (nSPS) is 22.8. The molecule has 1 saturated heterocycles. The number of aromatic nitrogens is 2. The minimum Gasteiger partial charge on any atom is -0.358 e. The summed E-state index contributed by atoms with van der Waals surface area (Å²) in [5, 5.41) is 6.94. The zero-order valence-electron chi connectivity index (χ0n) is 22.8. The Morgan fingerprint density at radius 3 is 2.54 bits per heavy atom. The van der Waals surface area contributed by atoms with Gasteiger partial charge in [-0.05, 0) is 37.3 Å². The van der Waals surface area contributed by atoms with Crippen LogP contribution in [0.4, 0.5) is 5.82 Å². The van der Waals surface area contributed by atoms with Crippen LogP contribution in [-0.4, -0.2) is 77.0 Å². The third kappa shape index (κ3) is 6.41. The van der Waals surface area contributed by atoms with Gasteiger partial charge in [-0.15, -0.1) is 0 Å². The van der Waals surface area contributed by atoms with Crippen LogP contribution in [0.1, 0.15) is 59.7 Å². The van der Waals surface area contributed by atoms with E-state index in [2.05, 4.69) is 29.4 Å². The van der Waals surface area contributed by atoms with Crippen LogP contribution in [0.25, 0.3) is 10.9 Å². The number of piperazine rings is 1. The van der Waals surface area contributed by atoms with Crippen molar-refractivity contribution in [2.24, 2.45) is 11.8 Å². The second-order valence-corrected chi connectivity index (χ2v) is 13.6. The number of rotatable bonds is 7. The fourth-order valence-electron chi connectivity index (χ4n) is 5.21. The zero-order valence-corrected chi connectivity index (χ0v) is 23.6. The van der Waals surface area contributed by atoms with Crippen LogP contribution in [0.2, 0.25) is 0 Å². The molecule has 3 atom stereocenters. The molecule has 2 aliphatic rings. The van der Waals surface area contributed by atoms with Crippen molar-refractivity contribution in [2.45, 2.75) is 77.8 Å². The van der Waals surface area contributed by atoms with Gasteiger partial charge in [0, 0.05) is 37.6 Å². The average molecular weight is 531 g/mol. The minimum absolute atomic E-state index is 0.0314. The topological polar surface area (TPSA) is 108 Å². The highest BCUT2D eigenvalue weighted by molar-refractivity contribution is 7.89. The Morgan fingerprint density at radius 1 is 1.05 bits per heavy atom. The molecule has 0 spiro atoms. The van der Waals surface area contributed by atoms with Crippen molar-refractivity contribution in [1.29, 1.82) is 0 Å². The first-order valence-electron chi connectivity index (χ1n) is 13.6. The molecule has 2 aromatic rings. The molecule has 9 nitrogen and oxygen atoms in total. The Bertz CT molecular complexity index is 1200. The van der Waals surface area contributed by atoms with Gasteiger partial charge in [0.1, 0.15) is 17.7 Å². The molecule has 1 fully saturated rings. The van der Waals surface area contributed by atoms with Crippen molar-refractivity contribution in [3.63, 3.8) is 0 Å². The molecule has 1 amide bonds. The first kappa shape index (κ1) is 27.7. The Kier molecular flexibility index (Phi) is 8.70. The molecule has 2 bridgehead atoms. The predicted molar refractivity (Wildman–Crippen MR) is 148 cm³/mol. The first-order chi connectivity index (χ1) is 17.6. The lowest BCUT2D eigenvalue weighted by molar-refractivity contribution is -0.123. The molecular weight excluding hydrogens is 488 g/mol. The summed E-state index contributed by atoms with van der Waals surface area (Å²) in [4.78, 5) is 25.1. The molecule has 204 valence electrons. The van der Waals surface area contributed by atoms with Crippen LogP contribution < -0.4 is 10.6 Å². The van der Waals surface area contributed by atoms with Gasteiger partial charge in [-0.1, -0.05) is 52.7 Å². The Hall–Kier alpha value is -2.30. The molecule has 1 aromatic heterocycles. The van der Waals surface area contributed by atoms with Crippen molar-refractivity contribution in [3.05, 3.63) is 30.1 Å². The van der Waals surface area contributed by atoms with Gasteiger partial charge in [-0.2, -0.15) is 4.31 Å². The molecular formula is C27H42N6O3S. The highest BCUT2D eigenvalue weighted by atomic mass is 32.2. The van der Waals surface area contributed by atoms with Gasteiger partial charge in [0.15, 0.2) is 0 Å². The lowest BCUT2D eigenvalue weighted by Crippen LogP contribution is -2.59. The number of anilines is 1. The molecule has 1 aromatic carbocycles. The summed E-state index contributed by atoms with van der Waals surface area (Å²) in [6, 6.07) is 7.17. The van der Waals surface area contributed by atoms with Crippen molar-refractivity contribution in [2.75, 3.05) is 31.5 Å². The second kappa shape index (κ2) is 11.6. The van der Waals surface area contributed by atoms with E-state index in [0.29, 0.717) is 56.7 Å². The lowest BCUT2D eigenvalue weighted by atomic mass is 10.0. The predicted octanol–water partition coefficient (Wildman–Crippen LogP) is 3.23. The second-order valence-electron chi connectivity index (χ2n) is 11.3. The quantitative estimate of drug-likeness (QED) is 0.566. The smallest absolute Gasteiger partial charge is 0.242 e. The van der Waals surface area contributed by atoms with E-state index in [-0.39, 0.29) is 17.9 Å². The van der Waals surface area contributed by atoms with E-state index in [0.717, 1.165) is 23.7 Å². The summed E-state index contributed by atoms with van der Waals surface area (Å²) in [6.07, 6.45) is 2.60. The van der Waals surface area contributed by atoms with Crippen LogP contribution >= 0.6 is 0 Å². The van der Waals surface area contributed by atoms with E-state index >= 15 is 0 Å². The maximum absolute atomic E-state index is 13.4. The van der Waals surface area contributed by atoms with Crippen LogP contribution in [0.3, 0.4) is 0 Å². The maximum atomic E-state index is 13.4. The highest BCUT2D eigenvalue weighted by Crippen LogP contribution is 2.26. The van der Waals surface area contributed by atoms with Gasteiger partial charge in [-0.3, -0.25) is 9.69 Å². The summed E-state index contributed by atoms with van der Waals surface area (Å²) in [7, 11) is -3.43. The lowest BCUT2D eigenvalue weighted by Gasteiger charge is -2.41. The molecule has 4 rings (SSSR count). The van der Waals surface area contributed by atoms with Gasteiger partial charge >= 0.3 is 0 Å². The van der Waals surface area contributed by atoms with E-state index in [4.69, 9.17) is 9.97 Å². The van der Waals surface area contributed by atoms with Crippen molar-refractivity contribution < 1.29 is 13.2 Å². The van der Waals surface area contributed by atoms with Crippen LogP contribution in [0, 0.1) is 11.8 Å². The standard InChI is InChI=1S/C27H42N6O3S/c1-18(2)9-8-10-20(5)37(35,36)33-14-13-32-17-24-29-23-12-7-6-11-22(23)26(30-24)31-25(19(3)4)27(34)28-15-21(32)16-33/h6-7,11-12,18-21,25H,8-10,13-17H2,1-5H3,(H,28,34)(H,29,30,31)/t20?,21?,25-/m0/s1. The number of nitrogens with one attached hydrogen (secondary N) is 2. The number of carbonyl (C=O) groups excluding carboxylic acids is 1. The number of nitrogens with zero attached hydrogens (tertiary/aromatic N) is 4. The van der Waals surface area contributed by atoms with Gasteiger partial charge in [0.25, 0.3) is 0 Å². The summed E-state index contributed by atoms with van der Waals surface area (Å²) in [5.41, 5.74) is 0.824. The van der Waals surface area contributed by atoms with Gasteiger partial charge in [0.05, 0.1) is 17.3 Å². The Labute approximate surface area is 221 Å². The van der Waals surface area contributed by atoms with E-state index in [9.17, 15) is 13.2 Å².